The molecule has 1 aromatic rings. The fraction of sp³-hybridized carbons (Fsp3) is 0.667. The summed E-state index contributed by atoms with van der Waals surface area (Å²) in [5.41, 5.74) is 1.06. The van der Waals surface area contributed by atoms with Crippen molar-refractivity contribution in [3.05, 3.63) is 29.8 Å². The van der Waals surface area contributed by atoms with Crippen molar-refractivity contribution < 1.29 is 5.11 Å². The van der Waals surface area contributed by atoms with Gasteiger partial charge >= 0.3 is 0 Å². The molecule has 0 amide bonds. The van der Waals surface area contributed by atoms with Crippen LogP contribution in [-0.4, -0.2) is 11.4 Å². The quantitative estimate of drug-likeness (QED) is 0.400. The van der Waals surface area contributed by atoms with E-state index in [2.05, 4.69) is 37.4 Å². The molecule has 0 aliphatic carbocycles. The number of hydrogen-bond acceptors (Lipinski definition) is 2. The molecule has 114 valence electrons. The highest BCUT2D eigenvalue weighted by Crippen LogP contribution is 2.23. The molecular formula is C18H30OS. The van der Waals surface area contributed by atoms with Gasteiger partial charge in [0.15, 0.2) is 0 Å². The van der Waals surface area contributed by atoms with Crippen molar-refractivity contribution >= 4 is 11.8 Å². The van der Waals surface area contributed by atoms with E-state index in [-0.39, 0.29) is 6.10 Å². The van der Waals surface area contributed by atoms with Gasteiger partial charge in [-0.1, -0.05) is 70.4 Å². The van der Waals surface area contributed by atoms with Crippen LogP contribution in [0.2, 0.25) is 0 Å². The molecule has 0 aliphatic rings. The second kappa shape index (κ2) is 11.2. The van der Waals surface area contributed by atoms with Crippen LogP contribution in [-0.2, 0) is 0 Å². The Morgan fingerprint density at radius 1 is 0.900 bits per heavy atom. The van der Waals surface area contributed by atoms with Crippen molar-refractivity contribution in [3.63, 3.8) is 0 Å². The van der Waals surface area contributed by atoms with E-state index in [0.29, 0.717) is 0 Å². The molecule has 1 unspecified atom stereocenters. The average Bonchev–Trinajstić information content (AvgIpc) is 2.50. The maximum absolute atomic E-state index is 10.1. The molecule has 0 bridgehead atoms. The van der Waals surface area contributed by atoms with E-state index < -0.39 is 0 Å². The first-order valence-corrected chi connectivity index (χ1v) is 9.32. The Morgan fingerprint density at radius 3 is 2.00 bits per heavy atom. The predicted octanol–water partition coefficient (Wildman–Crippen LogP) is 5.97. The molecule has 0 saturated carbocycles. The minimum absolute atomic E-state index is 0.286. The Labute approximate surface area is 129 Å². The van der Waals surface area contributed by atoms with Crippen LogP contribution >= 0.6 is 11.8 Å². The number of thioether (sulfide) groups is 1. The van der Waals surface area contributed by atoms with Gasteiger partial charge in [0.25, 0.3) is 0 Å². The Hall–Kier alpha value is -0.470. The molecule has 0 heterocycles. The molecule has 1 rings (SSSR count). The molecule has 0 aromatic heterocycles. The minimum atomic E-state index is -0.286. The Bertz CT molecular complexity index is 334. The topological polar surface area (TPSA) is 20.2 Å². The first-order chi connectivity index (χ1) is 9.77. The van der Waals surface area contributed by atoms with E-state index in [9.17, 15) is 5.11 Å². The zero-order valence-electron chi connectivity index (χ0n) is 13.1. The number of aliphatic hydroxyl groups excluding tert-OH is 1. The third kappa shape index (κ3) is 7.35. The monoisotopic (exact) mass is 294 g/mol. The van der Waals surface area contributed by atoms with Gasteiger partial charge in [-0.2, -0.15) is 0 Å². The fourth-order valence-corrected chi connectivity index (χ4v) is 2.87. The van der Waals surface area contributed by atoms with Crippen LogP contribution in [0.25, 0.3) is 0 Å². The molecule has 20 heavy (non-hydrogen) atoms. The lowest BCUT2D eigenvalue weighted by Gasteiger charge is -2.11. The maximum Gasteiger partial charge on any atom is 0.0790 e. The Balaban J connectivity index is 2.08. The first-order valence-electron chi connectivity index (χ1n) is 8.10. The Morgan fingerprint density at radius 2 is 1.45 bits per heavy atom. The van der Waals surface area contributed by atoms with Gasteiger partial charge in [-0.3, -0.25) is 0 Å². The van der Waals surface area contributed by atoms with E-state index >= 15 is 0 Å². The number of unbranched alkanes of at least 4 members (excludes halogenated alkanes) is 7. The predicted molar refractivity (Wildman–Crippen MR) is 90.4 cm³/mol. The normalized spacial score (nSPS) is 12.6. The molecule has 0 aliphatic heterocycles. The fourth-order valence-electron chi connectivity index (χ4n) is 2.46. The van der Waals surface area contributed by atoms with Gasteiger partial charge in [-0.15, -0.1) is 11.8 Å². The van der Waals surface area contributed by atoms with Gasteiger partial charge in [-0.25, -0.2) is 0 Å². The molecule has 1 N–H and O–H groups in total. The maximum atomic E-state index is 10.1. The first kappa shape index (κ1) is 17.6. The van der Waals surface area contributed by atoms with Crippen molar-refractivity contribution in [2.75, 3.05) is 6.26 Å². The van der Waals surface area contributed by atoms with Crippen LogP contribution in [0.3, 0.4) is 0 Å². The summed E-state index contributed by atoms with van der Waals surface area (Å²) in [7, 11) is 0. The van der Waals surface area contributed by atoms with E-state index in [1.165, 1.54) is 49.8 Å². The highest BCUT2D eigenvalue weighted by atomic mass is 32.2. The molecule has 0 fully saturated rings. The average molecular weight is 295 g/mol. The van der Waals surface area contributed by atoms with E-state index in [4.69, 9.17) is 0 Å². The summed E-state index contributed by atoms with van der Waals surface area (Å²) < 4.78 is 0. The van der Waals surface area contributed by atoms with Crippen LogP contribution < -0.4 is 0 Å². The van der Waals surface area contributed by atoms with Gasteiger partial charge in [-0.05, 0) is 30.4 Å². The lowest BCUT2D eigenvalue weighted by Crippen LogP contribution is -1.97. The number of hydrogen-bond donors (Lipinski definition) is 1. The summed E-state index contributed by atoms with van der Waals surface area (Å²) in [6, 6.07) is 8.30. The lowest BCUT2D eigenvalue weighted by molar-refractivity contribution is 0.163. The van der Waals surface area contributed by atoms with Crippen molar-refractivity contribution in [1.82, 2.24) is 0 Å². The van der Waals surface area contributed by atoms with Gasteiger partial charge in [0.2, 0.25) is 0 Å². The van der Waals surface area contributed by atoms with Gasteiger partial charge in [0.05, 0.1) is 6.10 Å². The van der Waals surface area contributed by atoms with Gasteiger partial charge in [0.1, 0.15) is 0 Å². The van der Waals surface area contributed by atoms with Crippen LogP contribution in [0.1, 0.15) is 76.4 Å². The number of aliphatic hydroxyl groups is 1. The van der Waals surface area contributed by atoms with Crippen molar-refractivity contribution in [2.24, 2.45) is 0 Å². The van der Waals surface area contributed by atoms with E-state index in [0.717, 1.165) is 18.4 Å². The summed E-state index contributed by atoms with van der Waals surface area (Å²) in [4.78, 5) is 1.26. The smallest absolute Gasteiger partial charge is 0.0790 e. The van der Waals surface area contributed by atoms with Gasteiger partial charge in [0, 0.05) is 4.90 Å². The standard InChI is InChI=1S/C18H30OS/c1-3-4-5-6-7-8-9-10-11-18(19)16-12-14-17(20-2)15-13-16/h12-15,18-19H,3-11H2,1-2H3. The summed E-state index contributed by atoms with van der Waals surface area (Å²) in [6.45, 7) is 2.26. The minimum Gasteiger partial charge on any atom is -0.388 e. The van der Waals surface area contributed by atoms with Crippen LogP contribution in [0, 0.1) is 0 Å². The number of benzene rings is 1. The molecule has 1 aromatic carbocycles. The van der Waals surface area contributed by atoms with E-state index in [1.54, 1.807) is 11.8 Å². The third-order valence-corrected chi connectivity index (χ3v) is 4.58. The summed E-state index contributed by atoms with van der Waals surface area (Å²) >= 11 is 1.74. The Kier molecular flexibility index (Phi) is 9.86. The van der Waals surface area contributed by atoms with Crippen LogP contribution in [0.5, 0.6) is 0 Å². The molecular weight excluding hydrogens is 264 g/mol. The molecule has 2 heteroatoms. The number of rotatable bonds is 11. The van der Waals surface area contributed by atoms with Crippen molar-refractivity contribution in [3.8, 4) is 0 Å². The zero-order valence-corrected chi connectivity index (χ0v) is 13.9. The third-order valence-electron chi connectivity index (χ3n) is 3.83. The van der Waals surface area contributed by atoms with Gasteiger partial charge < -0.3 is 5.11 Å². The summed E-state index contributed by atoms with van der Waals surface area (Å²) in [6.07, 6.45) is 13.2. The SMILES string of the molecule is CCCCCCCCCCC(O)c1ccc(SC)cc1. The van der Waals surface area contributed by atoms with Crippen molar-refractivity contribution in [2.45, 2.75) is 75.7 Å². The molecule has 1 nitrogen and oxygen atoms in total. The second-order valence-electron chi connectivity index (χ2n) is 5.55. The van der Waals surface area contributed by atoms with Crippen molar-refractivity contribution in [1.29, 1.82) is 0 Å². The molecule has 0 spiro atoms. The van der Waals surface area contributed by atoms with E-state index in [1.807, 2.05) is 0 Å². The zero-order chi connectivity index (χ0) is 14.6. The highest BCUT2D eigenvalue weighted by Gasteiger charge is 2.06. The summed E-state index contributed by atoms with van der Waals surface area (Å²) in [5, 5.41) is 10.1. The van der Waals surface area contributed by atoms with Crippen LogP contribution in [0.4, 0.5) is 0 Å². The second-order valence-corrected chi connectivity index (χ2v) is 6.43. The largest absolute Gasteiger partial charge is 0.388 e. The molecule has 0 radical (unpaired) electrons. The molecule has 1 atom stereocenters. The molecule has 0 saturated heterocycles. The van der Waals surface area contributed by atoms with Crippen LogP contribution in [0.15, 0.2) is 29.2 Å². The lowest BCUT2D eigenvalue weighted by atomic mass is 10.0. The highest BCUT2D eigenvalue weighted by molar-refractivity contribution is 7.98. The summed E-state index contributed by atoms with van der Waals surface area (Å²) in [5.74, 6) is 0.